The molecule has 1 aliphatic rings. The fourth-order valence-corrected chi connectivity index (χ4v) is 4.23. The summed E-state index contributed by atoms with van der Waals surface area (Å²) in [5, 5.41) is 9.28. The number of benzene rings is 1. The second kappa shape index (κ2) is 8.21. The first-order valence-electron chi connectivity index (χ1n) is 9.33. The Morgan fingerprint density at radius 1 is 1.19 bits per heavy atom. The van der Waals surface area contributed by atoms with Crippen molar-refractivity contribution in [2.45, 2.75) is 26.4 Å². The molecule has 0 aliphatic carbocycles. The zero-order chi connectivity index (χ0) is 18.6. The molecule has 0 spiro atoms. The number of nitrogens with one attached hydrogen (secondary N) is 1. The molecule has 4 rings (SSSR count). The number of nitrogens with zero attached hydrogens (tertiary/aromatic N) is 4. The van der Waals surface area contributed by atoms with Gasteiger partial charge in [0.05, 0.1) is 25.1 Å². The molecule has 3 aromatic rings. The van der Waals surface area contributed by atoms with Crippen LogP contribution in [0.5, 0.6) is 0 Å². The molecule has 1 N–H and O–H groups in total. The molecule has 0 saturated carbocycles. The van der Waals surface area contributed by atoms with Gasteiger partial charge in [0.25, 0.3) is 0 Å². The summed E-state index contributed by atoms with van der Waals surface area (Å²) in [5.41, 5.74) is 3.47. The van der Waals surface area contributed by atoms with Gasteiger partial charge in [0.15, 0.2) is 5.13 Å². The number of hydrogen-bond acceptors (Lipinski definition) is 6. The SMILES string of the molecule is Cc1c(C(C)NCc2cnc(N3CCOCC3)s2)cnn1-c1ccccc1. The largest absolute Gasteiger partial charge is 0.378 e. The zero-order valence-corrected chi connectivity index (χ0v) is 16.6. The minimum atomic E-state index is 0.219. The highest BCUT2D eigenvalue weighted by Crippen LogP contribution is 2.25. The molecular formula is C20H25N5OS. The molecule has 1 aromatic carbocycles. The van der Waals surface area contributed by atoms with Gasteiger partial charge < -0.3 is 15.0 Å². The number of para-hydroxylation sites is 1. The summed E-state index contributed by atoms with van der Waals surface area (Å²) in [6.07, 6.45) is 3.95. The third-order valence-electron chi connectivity index (χ3n) is 4.92. The number of aromatic nitrogens is 3. The highest BCUT2D eigenvalue weighted by molar-refractivity contribution is 7.15. The number of ether oxygens (including phenoxy) is 1. The molecule has 3 heterocycles. The summed E-state index contributed by atoms with van der Waals surface area (Å²) < 4.78 is 7.41. The standard InChI is InChI=1S/C20H25N5OS/c1-15(19-14-23-25(16(19)2)17-6-4-3-5-7-17)21-12-18-13-22-20(27-18)24-8-10-26-11-9-24/h3-7,13-15,21H,8-12H2,1-2H3. The summed E-state index contributed by atoms with van der Waals surface area (Å²) in [6, 6.07) is 10.5. The van der Waals surface area contributed by atoms with Gasteiger partial charge in [0, 0.05) is 48.0 Å². The van der Waals surface area contributed by atoms with Crippen molar-refractivity contribution in [2.75, 3.05) is 31.2 Å². The van der Waals surface area contributed by atoms with Crippen LogP contribution >= 0.6 is 11.3 Å². The van der Waals surface area contributed by atoms with Crippen LogP contribution in [0.15, 0.2) is 42.7 Å². The quantitative estimate of drug-likeness (QED) is 0.708. The van der Waals surface area contributed by atoms with Crippen molar-refractivity contribution in [3.63, 3.8) is 0 Å². The van der Waals surface area contributed by atoms with Gasteiger partial charge in [0.2, 0.25) is 0 Å². The van der Waals surface area contributed by atoms with Crippen molar-refractivity contribution in [3.8, 4) is 5.69 Å². The molecule has 0 amide bonds. The van der Waals surface area contributed by atoms with Crippen LogP contribution in [0.3, 0.4) is 0 Å². The van der Waals surface area contributed by atoms with Gasteiger partial charge in [-0.3, -0.25) is 0 Å². The van der Waals surface area contributed by atoms with Crippen molar-refractivity contribution in [2.24, 2.45) is 0 Å². The van der Waals surface area contributed by atoms with E-state index in [1.165, 1.54) is 16.1 Å². The zero-order valence-electron chi connectivity index (χ0n) is 15.8. The average molecular weight is 384 g/mol. The van der Waals surface area contributed by atoms with Crippen molar-refractivity contribution in [1.82, 2.24) is 20.1 Å². The average Bonchev–Trinajstić information content (AvgIpc) is 3.34. The fraction of sp³-hybridized carbons (Fsp3) is 0.400. The molecule has 2 aromatic heterocycles. The van der Waals surface area contributed by atoms with E-state index in [1.807, 2.05) is 35.3 Å². The number of thiazole rings is 1. The first-order chi connectivity index (χ1) is 13.2. The van der Waals surface area contributed by atoms with Gasteiger partial charge in [0.1, 0.15) is 0 Å². The van der Waals surface area contributed by atoms with E-state index in [4.69, 9.17) is 4.74 Å². The molecule has 1 unspecified atom stereocenters. The fourth-order valence-electron chi connectivity index (χ4n) is 3.32. The molecule has 0 radical (unpaired) electrons. The van der Waals surface area contributed by atoms with Crippen LogP contribution in [0.1, 0.15) is 29.1 Å². The normalized spacial score (nSPS) is 15.9. The number of rotatable bonds is 6. The molecule has 1 aliphatic heterocycles. The topological polar surface area (TPSA) is 55.2 Å². The maximum atomic E-state index is 5.42. The molecule has 27 heavy (non-hydrogen) atoms. The van der Waals surface area contributed by atoms with Crippen LogP contribution in [0.4, 0.5) is 5.13 Å². The summed E-state index contributed by atoms with van der Waals surface area (Å²) in [7, 11) is 0. The van der Waals surface area contributed by atoms with Gasteiger partial charge in [-0.05, 0) is 26.0 Å². The lowest BCUT2D eigenvalue weighted by atomic mass is 10.1. The van der Waals surface area contributed by atoms with E-state index in [2.05, 4.69) is 46.3 Å². The van der Waals surface area contributed by atoms with E-state index >= 15 is 0 Å². The Balaban J connectivity index is 1.39. The highest BCUT2D eigenvalue weighted by Gasteiger charge is 2.17. The van der Waals surface area contributed by atoms with E-state index in [-0.39, 0.29) is 6.04 Å². The van der Waals surface area contributed by atoms with Gasteiger partial charge in [-0.25, -0.2) is 9.67 Å². The monoisotopic (exact) mass is 383 g/mol. The Labute approximate surface area is 163 Å². The first-order valence-corrected chi connectivity index (χ1v) is 10.1. The van der Waals surface area contributed by atoms with Crippen LogP contribution in [0.2, 0.25) is 0 Å². The van der Waals surface area contributed by atoms with Gasteiger partial charge in [-0.15, -0.1) is 11.3 Å². The predicted octanol–water partition coefficient (Wildman–Crippen LogP) is 3.32. The first kappa shape index (κ1) is 18.2. The molecule has 142 valence electrons. The van der Waals surface area contributed by atoms with E-state index in [1.54, 1.807) is 11.3 Å². The van der Waals surface area contributed by atoms with E-state index < -0.39 is 0 Å². The van der Waals surface area contributed by atoms with Crippen molar-refractivity contribution >= 4 is 16.5 Å². The number of hydrogen-bond donors (Lipinski definition) is 1. The summed E-state index contributed by atoms with van der Waals surface area (Å²) in [4.78, 5) is 8.13. The Morgan fingerprint density at radius 3 is 2.74 bits per heavy atom. The third-order valence-corrected chi connectivity index (χ3v) is 5.98. The lowest BCUT2D eigenvalue weighted by Gasteiger charge is -2.26. The molecule has 1 saturated heterocycles. The van der Waals surface area contributed by atoms with Crippen molar-refractivity contribution in [1.29, 1.82) is 0 Å². The molecule has 6 nitrogen and oxygen atoms in total. The Morgan fingerprint density at radius 2 is 1.96 bits per heavy atom. The maximum Gasteiger partial charge on any atom is 0.185 e. The lowest BCUT2D eigenvalue weighted by molar-refractivity contribution is 0.122. The Kier molecular flexibility index (Phi) is 5.52. The smallest absolute Gasteiger partial charge is 0.185 e. The van der Waals surface area contributed by atoms with Gasteiger partial charge in [-0.2, -0.15) is 5.10 Å². The molecule has 7 heteroatoms. The van der Waals surface area contributed by atoms with E-state index in [9.17, 15) is 0 Å². The summed E-state index contributed by atoms with van der Waals surface area (Å²) in [5.74, 6) is 0. The molecule has 1 fully saturated rings. The van der Waals surface area contributed by atoms with E-state index in [0.29, 0.717) is 0 Å². The van der Waals surface area contributed by atoms with Gasteiger partial charge >= 0.3 is 0 Å². The second-order valence-electron chi connectivity index (χ2n) is 6.74. The van der Waals surface area contributed by atoms with Crippen molar-refractivity contribution < 1.29 is 4.74 Å². The van der Waals surface area contributed by atoms with E-state index in [0.717, 1.165) is 43.7 Å². The van der Waals surface area contributed by atoms with Gasteiger partial charge in [-0.1, -0.05) is 18.2 Å². The lowest BCUT2D eigenvalue weighted by Crippen LogP contribution is -2.36. The van der Waals surface area contributed by atoms with Crippen LogP contribution in [0, 0.1) is 6.92 Å². The molecular weight excluding hydrogens is 358 g/mol. The third kappa shape index (κ3) is 4.05. The number of morpholine rings is 1. The Bertz CT molecular complexity index is 870. The summed E-state index contributed by atoms with van der Waals surface area (Å²) in [6.45, 7) is 8.53. The molecule has 0 bridgehead atoms. The maximum absolute atomic E-state index is 5.42. The Hall–Kier alpha value is -2.22. The molecule has 1 atom stereocenters. The summed E-state index contributed by atoms with van der Waals surface area (Å²) >= 11 is 1.76. The predicted molar refractivity (Wildman–Crippen MR) is 109 cm³/mol. The van der Waals surface area contributed by atoms with Crippen LogP contribution < -0.4 is 10.2 Å². The van der Waals surface area contributed by atoms with Crippen LogP contribution in [-0.2, 0) is 11.3 Å². The highest BCUT2D eigenvalue weighted by atomic mass is 32.1. The minimum Gasteiger partial charge on any atom is -0.378 e. The minimum absolute atomic E-state index is 0.219. The van der Waals surface area contributed by atoms with Crippen LogP contribution in [-0.4, -0.2) is 41.1 Å². The number of anilines is 1. The van der Waals surface area contributed by atoms with Crippen molar-refractivity contribution in [3.05, 3.63) is 58.9 Å². The second-order valence-corrected chi connectivity index (χ2v) is 7.84. The van der Waals surface area contributed by atoms with Crippen LogP contribution in [0.25, 0.3) is 5.69 Å².